The van der Waals surface area contributed by atoms with Crippen LogP contribution in [0.4, 0.5) is 11.6 Å². The number of anilines is 2. The number of amides is 1. The summed E-state index contributed by atoms with van der Waals surface area (Å²) in [5.74, 6) is 0.456. The number of rotatable bonds is 4. The Bertz CT molecular complexity index is 665. The maximum Gasteiger partial charge on any atom is 0.274 e. The first-order chi connectivity index (χ1) is 10.8. The Hall–Kier alpha value is -2.43. The van der Waals surface area contributed by atoms with Gasteiger partial charge in [-0.3, -0.25) is 4.79 Å². The second-order valence-corrected chi connectivity index (χ2v) is 5.40. The van der Waals surface area contributed by atoms with E-state index in [4.69, 9.17) is 0 Å². The van der Waals surface area contributed by atoms with Crippen molar-refractivity contribution in [3.8, 4) is 0 Å². The average molecular weight is 296 g/mol. The lowest BCUT2D eigenvalue weighted by Gasteiger charge is -2.15. The van der Waals surface area contributed by atoms with Gasteiger partial charge in [-0.25, -0.2) is 9.97 Å². The normalized spacial score (nSPS) is 14.1. The highest BCUT2D eigenvalue weighted by atomic mass is 16.1. The summed E-state index contributed by atoms with van der Waals surface area (Å²) in [6, 6.07) is 9.49. The predicted octanol–water partition coefficient (Wildman–Crippen LogP) is 2.89. The van der Waals surface area contributed by atoms with Gasteiger partial charge in [-0.15, -0.1) is 0 Å². The second kappa shape index (κ2) is 6.56. The van der Waals surface area contributed by atoms with Gasteiger partial charge >= 0.3 is 0 Å². The lowest BCUT2D eigenvalue weighted by Crippen LogP contribution is -2.22. The molecule has 0 bridgehead atoms. The molecular weight excluding hydrogens is 276 g/mol. The van der Waals surface area contributed by atoms with E-state index in [0.29, 0.717) is 11.6 Å². The molecule has 0 saturated carbocycles. The minimum Gasteiger partial charge on any atom is -0.341 e. The Morgan fingerprint density at radius 2 is 2.00 bits per heavy atom. The highest BCUT2D eigenvalue weighted by Gasteiger charge is 2.17. The van der Waals surface area contributed by atoms with Crippen molar-refractivity contribution in [2.24, 2.45) is 0 Å². The Balaban J connectivity index is 1.78. The van der Waals surface area contributed by atoms with Crippen LogP contribution >= 0.6 is 0 Å². The molecule has 1 amide bonds. The van der Waals surface area contributed by atoms with Gasteiger partial charge in [0.05, 0.1) is 0 Å². The molecule has 1 aliphatic heterocycles. The van der Waals surface area contributed by atoms with E-state index >= 15 is 0 Å². The van der Waals surface area contributed by atoms with Gasteiger partial charge in [0, 0.05) is 25.0 Å². The minimum absolute atomic E-state index is 0.191. The van der Waals surface area contributed by atoms with Gasteiger partial charge < -0.3 is 10.2 Å². The monoisotopic (exact) mass is 296 g/mol. The fourth-order valence-corrected chi connectivity index (χ4v) is 2.68. The summed E-state index contributed by atoms with van der Waals surface area (Å²) in [7, 11) is 0. The molecule has 1 aliphatic rings. The van der Waals surface area contributed by atoms with Crippen molar-refractivity contribution in [3.05, 3.63) is 47.8 Å². The van der Waals surface area contributed by atoms with Crippen molar-refractivity contribution in [1.29, 1.82) is 0 Å². The summed E-state index contributed by atoms with van der Waals surface area (Å²) in [6.07, 6.45) is 4.84. The van der Waals surface area contributed by atoms with Crippen molar-refractivity contribution < 1.29 is 4.79 Å². The zero-order valence-electron chi connectivity index (χ0n) is 12.7. The van der Waals surface area contributed by atoms with Crippen LogP contribution in [0.5, 0.6) is 0 Å². The van der Waals surface area contributed by atoms with Crippen molar-refractivity contribution in [2.75, 3.05) is 23.3 Å². The number of hydrogen-bond donors (Lipinski definition) is 1. The first kappa shape index (κ1) is 14.5. The lowest BCUT2D eigenvalue weighted by atomic mass is 10.1. The third-order valence-electron chi connectivity index (χ3n) is 3.91. The summed E-state index contributed by atoms with van der Waals surface area (Å²) in [4.78, 5) is 23.2. The molecule has 1 N–H and O–H groups in total. The molecule has 0 unspecified atom stereocenters. The smallest absolute Gasteiger partial charge is 0.274 e. The van der Waals surface area contributed by atoms with Gasteiger partial charge in [0.2, 0.25) is 5.95 Å². The van der Waals surface area contributed by atoms with Gasteiger partial charge in [-0.2, -0.15) is 0 Å². The number of benzene rings is 1. The van der Waals surface area contributed by atoms with Crippen molar-refractivity contribution in [1.82, 2.24) is 9.97 Å². The number of aromatic nitrogens is 2. The third-order valence-corrected chi connectivity index (χ3v) is 3.91. The fourth-order valence-electron chi connectivity index (χ4n) is 2.68. The Labute approximate surface area is 130 Å². The first-order valence-electron chi connectivity index (χ1n) is 7.75. The van der Waals surface area contributed by atoms with E-state index < -0.39 is 0 Å². The highest BCUT2D eigenvalue weighted by molar-refractivity contribution is 6.03. The van der Waals surface area contributed by atoms with Gasteiger partial charge in [-0.1, -0.05) is 25.1 Å². The zero-order chi connectivity index (χ0) is 15.4. The van der Waals surface area contributed by atoms with Gasteiger partial charge in [-0.05, 0) is 37.0 Å². The van der Waals surface area contributed by atoms with Gasteiger partial charge in [0.25, 0.3) is 5.91 Å². The number of nitrogens with one attached hydrogen (secondary N) is 1. The van der Waals surface area contributed by atoms with E-state index in [9.17, 15) is 4.79 Å². The summed E-state index contributed by atoms with van der Waals surface area (Å²) in [6.45, 7) is 3.99. The zero-order valence-corrected chi connectivity index (χ0v) is 12.7. The molecule has 114 valence electrons. The molecule has 2 heterocycles. The molecule has 5 nitrogen and oxygen atoms in total. The molecule has 0 atom stereocenters. The number of hydrogen-bond acceptors (Lipinski definition) is 4. The number of nitrogens with zero attached hydrogens (tertiary/aromatic N) is 3. The number of aryl methyl sites for hydroxylation is 1. The van der Waals surface area contributed by atoms with Crippen molar-refractivity contribution in [3.63, 3.8) is 0 Å². The summed E-state index contributed by atoms with van der Waals surface area (Å²) in [5.41, 5.74) is 2.36. The van der Waals surface area contributed by atoms with Crippen LogP contribution in [0.15, 0.2) is 36.5 Å². The molecule has 1 saturated heterocycles. The second-order valence-electron chi connectivity index (χ2n) is 5.40. The van der Waals surface area contributed by atoms with Crippen molar-refractivity contribution >= 4 is 17.5 Å². The molecule has 0 spiro atoms. The molecule has 3 rings (SSSR count). The molecule has 5 heteroatoms. The molecule has 1 aromatic carbocycles. The molecule has 0 aliphatic carbocycles. The van der Waals surface area contributed by atoms with E-state index in [-0.39, 0.29) is 5.91 Å². The molecule has 2 aromatic rings. The van der Waals surface area contributed by atoms with Gasteiger partial charge in [0.1, 0.15) is 5.69 Å². The third kappa shape index (κ3) is 3.08. The van der Waals surface area contributed by atoms with Crippen molar-refractivity contribution in [2.45, 2.75) is 26.2 Å². The summed E-state index contributed by atoms with van der Waals surface area (Å²) < 4.78 is 0. The molecule has 0 radical (unpaired) electrons. The number of para-hydroxylation sites is 1. The van der Waals surface area contributed by atoms with E-state index in [0.717, 1.165) is 43.6 Å². The standard InChI is InChI=1S/C17H20N4O/c1-2-13-7-3-4-8-14(13)19-16(22)15-9-10-18-17(20-15)21-11-5-6-12-21/h3-4,7-10H,2,5-6,11-12H2,1H3,(H,19,22). The van der Waals surface area contributed by atoms with E-state index in [1.165, 1.54) is 0 Å². The fraction of sp³-hybridized carbons (Fsp3) is 0.353. The first-order valence-corrected chi connectivity index (χ1v) is 7.75. The molecular formula is C17H20N4O. The quantitative estimate of drug-likeness (QED) is 0.942. The van der Waals surface area contributed by atoms with E-state index in [1.807, 2.05) is 24.3 Å². The molecule has 22 heavy (non-hydrogen) atoms. The Morgan fingerprint density at radius 1 is 1.23 bits per heavy atom. The Morgan fingerprint density at radius 3 is 2.77 bits per heavy atom. The highest BCUT2D eigenvalue weighted by Crippen LogP contribution is 2.18. The Kier molecular flexibility index (Phi) is 4.32. The van der Waals surface area contributed by atoms with Crippen LogP contribution in [0.3, 0.4) is 0 Å². The van der Waals surface area contributed by atoms with E-state index in [1.54, 1.807) is 12.3 Å². The SMILES string of the molecule is CCc1ccccc1NC(=O)c1ccnc(N2CCCC2)n1. The van der Waals surface area contributed by atoms with Gasteiger partial charge in [0.15, 0.2) is 0 Å². The van der Waals surface area contributed by atoms with Crippen LogP contribution in [0, 0.1) is 0 Å². The van der Waals surface area contributed by atoms with Crippen LogP contribution < -0.4 is 10.2 Å². The van der Waals surface area contributed by atoms with E-state index in [2.05, 4.69) is 27.1 Å². The van der Waals surface area contributed by atoms with Crippen LogP contribution in [0.25, 0.3) is 0 Å². The maximum absolute atomic E-state index is 12.4. The average Bonchev–Trinajstić information content (AvgIpc) is 3.10. The minimum atomic E-state index is -0.191. The predicted molar refractivity (Wildman–Crippen MR) is 87.3 cm³/mol. The largest absolute Gasteiger partial charge is 0.341 e. The summed E-state index contributed by atoms with van der Waals surface area (Å²) >= 11 is 0. The number of carbonyl (C=O) groups is 1. The van der Waals surface area contributed by atoms with Crippen LogP contribution in [-0.2, 0) is 6.42 Å². The molecule has 1 aromatic heterocycles. The van der Waals surface area contributed by atoms with Crippen LogP contribution in [-0.4, -0.2) is 29.0 Å². The van der Waals surface area contributed by atoms with Crippen LogP contribution in [0.2, 0.25) is 0 Å². The topological polar surface area (TPSA) is 58.1 Å². The lowest BCUT2D eigenvalue weighted by molar-refractivity contribution is 0.102. The maximum atomic E-state index is 12.4. The molecule has 1 fully saturated rings. The van der Waals surface area contributed by atoms with Crippen LogP contribution in [0.1, 0.15) is 35.8 Å². The summed E-state index contributed by atoms with van der Waals surface area (Å²) in [5, 5.41) is 2.95. The number of carbonyl (C=O) groups excluding carboxylic acids is 1.